The van der Waals surface area contributed by atoms with Crippen molar-refractivity contribution in [3.05, 3.63) is 48.5 Å². The van der Waals surface area contributed by atoms with Crippen molar-refractivity contribution in [3.8, 4) is 0 Å². The monoisotopic (exact) mass is 341 g/mol. The Morgan fingerprint density at radius 2 is 2.04 bits per heavy atom. The van der Waals surface area contributed by atoms with Crippen molar-refractivity contribution in [3.63, 3.8) is 0 Å². The molecule has 3 rings (SSSR count). The molecule has 25 heavy (non-hydrogen) atoms. The first-order valence-electron chi connectivity index (χ1n) is 8.67. The molecule has 132 valence electrons. The third-order valence-electron chi connectivity index (χ3n) is 4.20. The van der Waals surface area contributed by atoms with Crippen LogP contribution >= 0.6 is 0 Å². The van der Waals surface area contributed by atoms with Gasteiger partial charge in [-0.15, -0.1) is 0 Å². The molecule has 0 saturated heterocycles. The van der Waals surface area contributed by atoms with E-state index in [1.165, 1.54) is 6.33 Å². The topological polar surface area (TPSA) is 88.9 Å². The Labute approximate surface area is 146 Å². The van der Waals surface area contributed by atoms with Gasteiger partial charge in [0, 0.05) is 18.9 Å². The summed E-state index contributed by atoms with van der Waals surface area (Å²) in [4.78, 5) is 27.8. The van der Waals surface area contributed by atoms with Crippen molar-refractivity contribution in [2.75, 3.05) is 6.54 Å². The van der Waals surface area contributed by atoms with E-state index in [9.17, 15) is 9.59 Å². The molecular weight excluding hydrogens is 318 g/mol. The van der Waals surface area contributed by atoms with Gasteiger partial charge in [-0.25, -0.2) is 4.98 Å². The van der Waals surface area contributed by atoms with Gasteiger partial charge >= 0.3 is 0 Å². The van der Waals surface area contributed by atoms with Crippen LogP contribution in [0.2, 0.25) is 0 Å². The van der Waals surface area contributed by atoms with Gasteiger partial charge in [-0.05, 0) is 24.8 Å². The van der Waals surface area contributed by atoms with E-state index in [1.54, 1.807) is 11.0 Å². The summed E-state index contributed by atoms with van der Waals surface area (Å²) in [6.45, 7) is 1.07. The van der Waals surface area contributed by atoms with Crippen molar-refractivity contribution < 1.29 is 9.59 Å². The Balaban J connectivity index is 1.48. The van der Waals surface area contributed by atoms with E-state index in [2.05, 4.69) is 20.7 Å². The number of amides is 2. The first kappa shape index (κ1) is 17.1. The van der Waals surface area contributed by atoms with Crippen LogP contribution in [0.5, 0.6) is 0 Å². The van der Waals surface area contributed by atoms with Crippen LogP contribution in [0.4, 0.5) is 0 Å². The zero-order valence-corrected chi connectivity index (χ0v) is 14.1. The predicted octanol–water partition coefficient (Wildman–Crippen LogP) is 1.44. The van der Waals surface area contributed by atoms with Gasteiger partial charge in [0.1, 0.15) is 12.7 Å². The van der Waals surface area contributed by atoms with Gasteiger partial charge in [0.2, 0.25) is 11.8 Å². The number of hydrogen-bond acceptors (Lipinski definition) is 4. The molecule has 7 heteroatoms. The Bertz CT molecular complexity index is 683. The number of rotatable bonds is 9. The summed E-state index contributed by atoms with van der Waals surface area (Å²) in [5.41, 5.74) is 1.02. The first-order chi connectivity index (χ1) is 12.2. The highest BCUT2D eigenvalue weighted by Crippen LogP contribution is 2.28. The maximum Gasteiger partial charge on any atom is 0.223 e. The third-order valence-corrected chi connectivity index (χ3v) is 4.20. The van der Waals surface area contributed by atoms with Gasteiger partial charge < -0.3 is 10.6 Å². The normalized spacial score (nSPS) is 14.7. The average molecular weight is 341 g/mol. The largest absolute Gasteiger partial charge is 0.356 e. The minimum absolute atomic E-state index is 0.0327. The van der Waals surface area contributed by atoms with Crippen LogP contribution in [0, 0.1) is 5.92 Å². The third kappa shape index (κ3) is 5.41. The fraction of sp³-hybridized carbons (Fsp3) is 0.444. The Morgan fingerprint density at radius 3 is 2.72 bits per heavy atom. The van der Waals surface area contributed by atoms with Crippen LogP contribution in [0.25, 0.3) is 0 Å². The van der Waals surface area contributed by atoms with Crippen molar-refractivity contribution >= 4 is 11.8 Å². The molecule has 0 radical (unpaired) electrons. The molecule has 1 aliphatic rings. The summed E-state index contributed by atoms with van der Waals surface area (Å²) in [5, 5.41) is 10.0. The number of hydrogen-bond donors (Lipinski definition) is 2. The first-order valence-corrected chi connectivity index (χ1v) is 8.67. The second kappa shape index (κ2) is 8.41. The van der Waals surface area contributed by atoms with Crippen LogP contribution in [0.3, 0.4) is 0 Å². The van der Waals surface area contributed by atoms with Crippen LogP contribution in [0.15, 0.2) is 43.0 Å². The van der Waals surface area contributed by atoms with E-state index in [-0.39, 0.29) is 23.8 Å². The van der Waals surface area contributed by atoms with E-state index >= 15 is 0 Å². The molecule has 1 aliphatic carbocycles. The van der Waals surface area contributed by atoms with Crippen molar-refractivity contribution in [2.24, 2.45) is 5.92 Å². The number of carbonyl (C=O) groups excluding carboxylic acids is 2. The van der Waals surface area contributed by atoms with Gasteiger partial charge in [0.15, 0.2) is 0 Å². The molecule has 1 heterocycles. The Morgan fingerprint density at radius 1 is 1.24 bits per heavy atom. The van der Waals surface area contributed by atoms with E-state index in [0.717, 1.165) is 18.4 Å². The number of nitrogens with one attached hydrogen (secondary N) is 2. The van der Waals surface area contributed by atoms with E-state index in [1.807, 2.05) is 30.3 Å². The minimum Gasteiger partial charge on any atom is -0.356 e. The minimum atomic E-state index is -0.170. The Hall–Kier alpha value is -2.70. The van der Waals surface area contributed by atoms with Crippen molar-refractivity contribution in [1.82, 2.24) is 25.4 Å². The standard InChI is InChI=1S/C18H23N5O2/c24-17(7-4-10-20-18(25)15-8-9-15)22-16(11-23-13-19-12-21-23)14-5-2-1-3-6-14/h1-3,5-6,12-13,15-16H,4,7-11H2,(H,20,25)(H,22,24)/t16-/m0/s1. The molecule has 1 saturated carbocycles. The van der Waals surface area contributed by atoms with Gasteiger partial charge in [-0.1, -0.05) is 30.3 Å². The number of carbonyl (C=O) groups is 2. The van der Waals surface area contributed by atoms with Crippen LogP contribution in [0.1, 0.15) is 37.3 Å². The lowest BCUT2D eigenvalue weighted by atomic mass is 10.1. The van der Waals surface area contributed by atoms with Crippen LogP contribution in [-0.4, -0.2) is 33.1 Å². The molecule has 0 unspecified atom stereocenters. The molecule has 1 aromatic heterocycles. The maximum absolute atomic E-state index is 12.3. The van der Waals surface area contributed by atoms with Crippen molar-refractivity contribution in [2.45, 2.75) is 38.3 Å². The average Bonchev–Trinajstić information content (AvgIpc) is 3.36. The second-order valence-corrected chi connectivity index (χ2v) is 6.32. The van der Waals surface area contributed by atoms with Gasteiger partial charge in [-0.2, -0.15) is 5.10 Å². The number of aromatic nitrogens is 3. The van der Waals surface area contributed by atoms with E-state index in [4.69, 9.17) is 0 Å². The summed E-state index contributed by atoms with van der Waals surface area (Å²) in [6, 6.07) is 9.64. The summed E-state index contributed by atoms with van der Waals surface area (Å²) >= 11 is 0. The van der Waals surface area contributed by atoms with Gasteiger partial charge in [0.05, 0.1) is 12.6 Å². The lowest BCUT2D eigenvalue weighted by molar-refractivity contribution is -0.124. The molecule has 0 aliphatic heterocycles. The van der Waals surface area contributed by atoms with Crippen molar-refractivity contribution in [1.29, 1.82) is 0 Å². The lowest BCUT2D eigenvalue weighted by Crippen LogP contribution is -2.32. The Kier molecular flexibility index (Phi) is 5.77. The number of nitrogens with zero attached hydrogens (tertiary/aromatic N) is 3. The zero-order valence-electron chi connectivity index (χ0n) is 14.1. The lowest BCUT2D eigenvalue weighted by Gasteiger charge is -2.19. The van der Waals surface area contributed by atoms with Crippen LogP contribution < -0.4 is 10.6 Å². The SMILES string of the molecule is O=C(CCCNC(=O)C1CC1)N[C@@H](Cn1cncn1)c1ccccc1. The van der Waals surface area contributed by atoms with Gasteiger partial charge in [-0.3, -0.25) is 14.3 Å². The van der Waals surface area contributed by atoms with E-state index < -0.39 is 0 Å². The molecule has 1 fully saturated rings. The maximum atomic E-state index is 12.3. The quantitative estimate of drug-likeness (QED) is 0.676. The summed E-state index contributed by atoms with van der Waals surface area (Å²) in [7, 11) is 0. The highest BCUT2D eigenvalue weighted by Gasteiger charge is 2.29. The highest BCUT2D eigenvalue weighted by molar-refractivity contribution is 5.81. The fourth-order valence-electron chi connectivity index (χ4n) is 2.65. The predicted molar refractivity (Wildman–Crippen MR) is 92.3 cm³/mol. The molecule has 2 amide bonds. The highest BCUT2D eigenvalue weighted by atomic mass is 16.2. The molecule has 2 N–H and O–H groups in total. The van der Waals surface area contributed by atoms with E-state index in [0.29, 0.717) is 25.9 Å². The molecule has 7 nitrogen and oxygen atoms in total. The van der Waals surface area contributed by atoms with Crippen LogP contribution in [-0.2, 0) is 16.1 Å². The molecule has 2 aromatic rings. The smallest absolute Gasteiger partial charge is 0.223 e. The van der Waals surface area contributed by atoms with Gasteiger partial charge in [0.25, 0.3) is 0 Å². The fourth-order valence-corrected chi connectivity index (χ4v) is 2.65. The second-order valence-electron chi connectivity index (χ2n) is 6.32. The molecule has 0 bridgehead atoms. The molecule has 1 atom stereocenters. The summed E-state index contributed by atoms with van der Waals surface area (Å²) in [5.74, 6) is 0.294. The zero-order chi connectivity index (χ0) is 17.5. The summed E-state index contributed by atoms with van der Waals surface area (Å²) in [6.07, 6.45) is 6.11. The molecule has 1 aromatic carbocycles. The summed E-state index contributed by atoms with van der Waals surface area (Å²) < 4.78 is 1.70. The molecule has 0 spiro atoms. The molecular formula is C18H23N5O2. The number of benzene rings is 1.